The van der Waals surface area contributed by atoms with Crippen LogP contribution in [0.1, 0.15) is 18.5 Å². The molecule has 1 atom stereocenters. The third kappa shape index (κ3) is 4.24. The smallest absolute Gasteiger partial charge is 0.119 e. The molecule has 0 fully saturated rings. The van der Waals surface area contributed by atoms with Crippen LogP contribution in [0.15, 0.2) is 48.8 Å². The second kappa shape index (κ2) is 7.50. The lowest BCUT2D eigenvalue weighted by atomic mass is 10.1. The highest BCUT2D eigenvalue weighted by molar-refractivity contribution is 5.31. The molecule has 0 saturated heterocycles. The van der Waals surface area contributed by atoms with Crippen LogP contribution in [-0.2, 0) is 0 Å². The monoisotopic (exact) mass is 272 g/mol. The maximum Gasteiger partial charge on any atom is 0.119 e. The van der Waals surface area contributed by atoms with Gasteiger partial charge in [-0.15, -0.1) is 0 Å². The number of ether oxygens (including phenoxy) is 2. The summed E-state index contributed by atoms with van der Waals surface area (Å²) in [5.74, 6) is 1.68. The van der Waals surface area contributed by atoms with Gasteiger partial charge in [0, 0.05) is 25.0 Å². The van der Waals surface area contributed by atoms with Crippen LogP contribution in [0.25, 0.3) is 0 Å². The van der Waals surface area contributed by atoms with Gasteiger partial charge in [0.05, 0.1) is 7.11 Å². The van der Waals surface area contributed by atoms with Gasteiger partial charge in [-0.1, -0.05) is 6.07 Å². The average molecular weight is 272 g/mol. The Morgan fingerprint density at radius 2 is 1.90 bits per heavy atom. The van der Waals surface area contributed by atoms with Crippen LogP contribution in [0.5, 0.6) is 11.5 Å². The lowest BCUT2D eigenvalue weighted by Crippen LogP contribution is -2.24. The molecule has 2 rings (SSSR count). The first kappa shape index (κ1) is 14.3. The number of hydrogen-bond acceptors (Lipinski definition) is 4. The van der Waals surface area contributed by atoms with Crippen LogP contribution >= 0.6 is 0 Å². The van der Waals surface area contributed by atoms with Gasteiger partial charge >= 0.3 is 0 Å². The Hall–Kier alpha value is -2.07. The van der Waals surface area contributed by atoms with Gasteiger partial charge in [-0.3, -0.25) is 4.98 Å². The summed E-state index contributed by atoms with van der Waals surface area (Å²) in [4.78, 5) is 4.11. The van der Waals surface area contributed by atoms with Crippen LogP contribution in [-0.4, -0.2) is 25.2 Å². The zero-order valence-electron chi connectivity index (χ0n) is 11.9. The third-order valence-corrected chi connectivity index (χ3v) is 3.07. The minimum Gasteiger partial charge on any atom is -0.497 e. The van der Waals surface area contributed by atoms with Gasteiger partial charge in [0.1, 0.15) is 18.1 Å². The van der Waals surface area contributed by atoms with E-state index < -0.39 is 0 Å². The van der Waals surface area contributed by atoms with Crippen molar-refractivity contribution in [3.05, 3.63) is 54.4 Å². The van der Waals surface area contributed by atoms with E-state index in [0.29, 0.717) is 6.61 Å². The minimum atomic E-state index is 0.267. The highest BCUT2D eigenvalue weighted by Crippen LogP contribution is 2.16. The van der Waals surface area contributed by atoms with Crippen molar-refractivity contribution in [2.75, 3.05) is 20.3 Å². The lowest BCUT2D eigenvalue weighted by molar-refractivity contribution is 0.307. The first-order valence-electron chi connectivity index (χ1n) is 6.70. The second-order valence-electron chi connectivity index (χ2n) is 4.49. The first-order chi connectivity index (χ1) is 9.79. The van der Waals surface area contributed by atoms with Gasteiger partial charge in [0.15, 0.2) is 0 Å². The standard InChI is InChI=1S/C16H20N2O2/c1-13(14-4-3-9-17-12-14)18-10-11-20-16-7-5-15(19-2)6-8-16/h3-9,12-13,18H,10-11H2,1-2H3/t13-/m1/s1. The zero-order valence-corrected chi connectivity index (χ0v) is 11.9. The number of aromatic nitrogens is 1. The van der Waals surface area contributed by atoms with Crippen LogP contribution in [0.3, 0.4) is 0 Å². The first-order valence-corrected chi connectivity index (χ1v) is 6.70. The van der Waals surface area contributed by atoms with E-state index in [1.165, 1.54) is 5.56 Å². The highest BCUT2D eigenvalue weighted by Gasteiger charge is 2.03. The third-order valence-electron chi connectivity index (χ3n) is 3.07. The Morgan fingerprint density at radius 3 is 2.55 bits per heavy atom. The van der Waals surface area contributed by atoms with E-state index in [9.17, 15) is 0 Å². The molecule has 0 bridgehead atoms. The average Bonchev–Trinajstić information content (AvgIpc) is 2.53. The SMILES string of the molecule is COc1ccc(OCCN[C@H](C)c2cccnc2)cc1. The fraction of sp³-hybridized carbons (Fsp3) is 0.312. The number of methoxy groups -OCH3 is 1. The lowest BCUT2D eigenvalue weighted by Gasteiger charge is -2.14. The summed E-state index contributed by atoms with van der Waals surface area (Å²) in [7, 11) is 1.65. The number of nitrogens with one attached hydrogen (secondary N) is 1. The van der Waals surface area contributed by atoms with Crippen molar-refractivity contribution in [2.24, 2.45) is 0 Å². The molecule has 2 aromatic rings. The molecule has 0 spiro atoms. The molecule has 106 valence electrons. The van der Waals surface area contributed by atoms with Gasteiger partial charge in [0.2, 0.25) is 0 Å². The maximum absolute atomic E-state index is 5.66. The van der Waals surface area contributed by atoms with Crippen molar-refractivity contribution < 1.29 is 9.47 Å². The summed E-state index contributed by atoms with van der Waals surface area (Å²) in [5, 5.41) is 3.40. The van der Waals surface area contributed by atoms with Crippen LogP contribution in [0, 0.1) is 0 Å². The van der Waals surface area contributed by atoms with Crippen molar-refractivity contribution in [2.45, 2.75) is 13.0 Å². The molecule has 1 N–H and O–H groups in total. The number of benzene rings is 1. The predicted molar refractivity (Wildman–Crippen MR) is 79.1 cm³/mol. The normalized spacial score (nSPS) is 11.9. The molecule has 0 aliphatic carbocycles. The Kier molecular flexibility index (Phi) is 5.38. The molecule has 1 aromatic carbocycles. The van der Waals surface area contributed by atoms with E-state index in [1.807, 2.05) is 36.5 Å². The largest absolute Gasteiger partial charge is 0.497 e. The van der Waals surface area contributed by atoms with E-state index in [2.05, 4.69) is 23.3 Å². The molecule has 0 amide bonds. The number of pyridine rings is 1. The molecular weight excluding hydrogens is 252 g/mol. The Bertz CT molecular complexity index is 500. The molecule has 1 aromatic heterocycles. The molecule has 0 aliphatic heterocycles. The quantitative estimate of drug-likeness (QED) is 0.787. The summed E-state index contributed by atoms with van der Waals surface area (Å²) in [6, 6.07) is 11.9. The predicted octanol–water partition coefficient (Wildman–Crippen LogP) is 2.82. The van der Waals surface area contributed by atoms with Gasteiger partial charge < -0.3 is 14.8 Å². The molecule has 0 aliphatic rings. The van der Waals surface area contributed by atoms with E-state index in [1.54, 1.807) is 13.3 Å². The molecule has 0 unspecified atom stereocenters. The van der Waals surface area contributed by atoms with E-state index in [0.717, 1.165) is 18.0 Å². The number of rotatable bonds is 7. The van der Waals surface area contributed by atoms with Gasteiger partial charge in [-0.05, 0) is 42.8 Å². The van der Waals surface area contributed by atoms with E-state index in [-0.39, 0.29) is 6.04 Å². The fourth-order valence-electron chi connectivity index (χ4n) is 1.87. The Morgan fingerprint density at radius 1 is 1.15 bits per heavy atom. The van der Waals surface area contributed by atoms with Crippen LogP contribution in [0.2, 0.25) is 0 Å². The summed E-state index contributed by atoms with van der Waals surface area (Å²) in [5.41, 5.74) is 1.18. The summed E-state index contributed by atoms with van der Waals surface area (Å²) in [6.45, 7) is 3.52. The molecule has 0 saturated carbocycles. The molecule has 4 nitrogen and oxygen atoms in total. The van der Waals surface area contributed by atoms with Crippen molar-refractivity contribution in [3.63, 3.8) is 0 Å². The molecular formula is C16H20N2O2. The van der Waals surface area contributed by atoms with Crippen LogP contribution < -0.4 is 14.8 Å². The molecule has 1 heterocycles. The van der Waals surface area contributed by atoms with Crippen molar-refractivity contribution >= 4 is 0 Å². The topological polar surface area (TPSA) is 43.4 Å². The molecule has 20 heavy (non-hydrogen) atoms. The minimum absolute atomic E-state index is 0.267. The zero-order chi connectivity index (χ0) is 14.2. The maximum atomic E-state index is 5.66. The van der Waals surface area contributed by atoms with Gasteiger partial charge in [-0.2, -0.15) is 0 Å². The molecule has 0 radical (unpaired) electrons. The number of nitrogens with zero attached hydrogens (tertiary/aromatic N) is 1. The summed E-state index contributed by atoms with van der Waals surface area (Å²) >= 11 is 0. The summed E-state index contributed by atoms with van der Waals surface area (Å²) < 4.78 is 10.8. The molecule has 4 heteroatoms. The number of hydrogen-bond donors (Lipinski definition) is 1. The summed E-state index contributed by atoms with van der Waals surface area (Å²) in [6.07, 6.45) is 3.66. The van der Waals surface area contributed by atoms with Crippen LogP contribution in [0.4, 0.5) is 0 Å². The van der Waals surface area contributed by atoms with Crippen molar-refractivity contribution in [1.82, 2.24) is 10.3 Å². The second-order valence-corrected chi connectivity index (χ2v) is 4.49. The van der Waals surface area contributed by atoms with Gasteiger partial charge in [-0.25, -0.2) is 0 Å². The Labute approximate surface area is 119 Å². The van der Waals surface area contributed by atoms with E-state index in [4.69, 9.17) is 9.47 Å². The van der Waals surface area contributed by atoms with E-state index >= 15 is 0 Å². The van der Waals surface area contributed by atoms with Crippen molar-refractivity contribution in [3.8, 4) is 11.5 Å². The fourth-order valence-corrected chi connectivity index (χ4v) is 1.87. The Balaban J connectivity index is 1.70. The van der Waals surface area contributed by atoms with Gasteiger partial charge in [0.25, 0.3) is 0 Å². The highest BCUT2D eigenvalue weighted by atomic mass is 16.5. The van der Waals surface area contributed by atoms with Crippen molar-refractivity contribution in [1.29, 1.82) is 0 Å².